The van der Waals surface area contributed by atoms with Crippen molar-refractivity contribution >= 4 is 35.1 Å². The number of carbonyl (C=O) groups is 2. The summed E-state index contributed by atoms with van der Waals surface area (Å²) in [6, 6.07) is 5.67. The molecule has 1 aliphatic heterocycles. The van der Waals surface area contributed by atoms with Crippen LogP contribution in [0.2, 0.25) is 5.02 Å². The van der Waals surface area contributed by atoms with Gasteiger partial charge in [-0.1, -0.05) is 11.6 Å². The molecular weight excluding hydrogens is 361 g/mol. The van der Waals surface area contributed by atoms with Crippen molar-refractivity contribution in [2.75, 3.05) is 31.5 Å². The number of anilines is 2. The molecule has 2 amide bonds. The number of halogens is 2. The van der Waals surface area contributed by atoms with E-state index in [9.17, 15) is 14.0 Å². The highest BCUT2D eigenvalue weighted by Gasteiger charge is 2.24. The maximum atomic E-state index is 13.2. The Labute approximate surface area is 154 Å². The van der Waals surface area contributed by atoms with E-state index in [1.165, 1.54) is 37.4 Å². The molecule has 1 aromatic carbocycles. The lowest BCUT2D eigenvalue weighted by atomic mass is 10.2. The Morgan fingerprint density at radius 3 is 2.50 bits per heavy atom. The number of piperazine rings is 1. The lowest BCUT2D eigenvalue weighted by Crippen LogP contribution is -2.50. The first-order valence-corrected chi connectivity index (χ1v) is 8.42. The number of amides is 2. The normalized spacial score (nSPS) is 14.3. The van der Waals surface area contributed by atoms with Gasteiger partial charge >= 0.3 is 0 Å². The van der Waals surface area contributed by atoms with E-state index in [4.69, 9.17) is 11.6 Å². The lowest BCUT2D eigenvalue weighted by molar-refractivity contribution is -0.130. The Morgan fingerprint density at radius 1 is 1.15 bits per heavy atom. The van der Waals surface area contributed by atoms with E-state index in [1.54, 1.807) is 9.80 Å². The van der Waals surface area contributed by atoms with Crippen LogP contribution in [-0.2, 0) is 4.79 Å². The van der Waals surface area contributed by atoms with E-state index in [2.05, 4.69) is 15.3 Å². The van der Waals surface area contributed by atoms with Gasteiger partial charge in [-0.05, 0) is 24.3 Å². The standard InChI is InChI=1S/C17H17ClFN5O2/c1-11(25)23-6-8-24(9-7-23)16(26)15-4-5-20-17(22-15)21-12-2-3-14(19)13(18)10-12/h2-5,10H,6-9H2,1H3,(H,20,21,22). The quantitative estimate of drug-likeness (QED) is 0.888. The van der Waals surface area contributed by atoms with Crippen LogP contribution in [0.3, 0.4) is 0 Å². The first-order chi connectivity index (χ1) is 12.4. The van der Waals surface area contributed by atoms with Gasteiger partial charge in [0.05, 0.1) is 5.02 Å². The second-order valence-electron chi connectivity index (χ2n) is 5.82. The van der Waals surface area contributed by atoms with Gasteiger partial charge in [0.1, 0.15) is 11.5 Å². The van der Waals surface area contributed by atoms with Crippen molar-refractivity contribution in [2.24, 2.45) is 0 Å². The third kappa shape index (κ3) is 4.08. The average Bonchev–Trinajstić information content (AvgIpc) is 2.64. The zero-order chi connectivity index (χ0) is 18.7. The Balaban J connectivity index is 1.69. The minimum absolute atomic E-state index is 0.00331. The number of hydrogen-bond acceptors (Lipinski definition) is 5. The minimum Gasteiger partial charge on any atom is -0.339 e. The molecule has 1 fully saturated rings. The third-order valence-corrected chi connectivity index (χ3v) is 4.35. The van der Waals surface area contributed by atoms with Gasteiger partial charge in [0.2, 0.25) is 11.9 Å². The molecule has 3 rings (SSSR count). The molecule has 0 radical (unpaired) electrons. The Kier molecular flexibility index (Phi) is 5.32. The number of rotatable bonds is 3. The van der Waals surface area contributed by atoms with Gasteiger partial charge in [-0.3, -0.25) is 9.59 Å². The maximum Gasteiger partial charge on any atom is 0.272 e. The summed E-state index contributed by atoms with van der Waals surface area (Å²) in [5, 5.41) is 2.87. The molecule has 7 nitrogen and oxygen atoms in total. The van der Waals surface area contributed by atoms with Crippen molar-refractivity contribution in [3.8, 4) is 0 Å². The Hall–Kier alpha value is -2.74. The molecule has 0 aliphatic carbocycles. The van der Waals surface area contributed by atoms with Crippen LogP contribution in [0, 0.1) is 5.82 Å². The van der Waals surface area contributed by atoms with Crippen molar-refractivity contribution in [1.82, 2.24) is 19.8 Å². The van der Waals surface area contributed by atoms with Gasteiger partial charge in [-0.25, -0.2) is 14.4 Å². The molecule has 26 heavy (non-hydrogen) atoms. The smallest absolute Gasteiger partial charge is 0.272 e. The molecule has 0 atom stereocenters. The van der Waals surface area contributed by atoms with Crippen molar-refractivity contribution < 1.29 is 14.0 Å². The maximum absolute atomic E-state index is 13.2. The van der Waals surface area contributed by atoms with Gasteiger partial charge in [0.15, 0.2) is 0 Å². The number of aromatic nitrogens is 2. The first kappa shape index (κ1) is 18.1. The number of hydrogen-bond donors (Lipinski definition) is 1. The van der Waals surface area contributed by atoms with E-state index in [0.29, 0.717) is 31.9 Å². The summed E-state index contributed by atoms with van der Waals surface area (Å²) in [4.78, 5) is 35.6. The summed E-state index contributed by atoms with van der Waals surface area (Å²) in [5.41, 5.74) is 0.753. The molecule has 2 heterocycles. The van der Waals surface area contributed by atoms with Gasteiger partial charge in [0.25, 0.3) is 5.91 Å². The monoisotopic (exact) mass is 377 g/mol. The second-order valence-corrected chi connectivity index (χ2v) is 6.22. The Morgan fingerprint density at radius 2 is 1.85 bits per heavy atom. The summed E-state index contributed by atoms with van der Waals surface area (Å²) in [6.45, 7) is 3.44. The fraction of sp³-hybridized carbons (Fsp3) is 0.294. The van der Waals surface area contributed by atoms with Gasteiger partial charge in [-0.15, -0.1) is 0 Å². The number of benzene rings is 1. The highest BCUT2D eigenvalue weighted by atomic mass is 35.5. The summed E-state index contributed by atoms with van der Waals surface area (Å²) in [7, 11) is 0. The number of nitrogens with one attached hydrogen (secondary N) is 1. The molecule has 1 saturated heterocycles. The van der Waals surface area contributed by atoms with Crippen LogP contribution in [0.15, 0.2) is 30.5 Å². The summed E-state index contributed by atoms with van der Waals surface area (Å²) >= 11 is 5.75. The fourth-order valence-electron chi connectivity index (χ4n) is 2.63. The number of carbonyl (C=O) groups excluding carboxylic acids is 2. The second kappa shape index (κ2) is 7.65. The van der Waals surface area contributed by atoms with Crippen molar-refractivity contribution in [2.45, 2.75) is 6.92 Å². The van der Waals surface area contributed by atoms with Crippen LogP contribution >= 0.6 is 11.6 Å². The molecule has 2 aromatic rings. The minimum atomic E-state index is -0.522. The molecule has 0 spiro atoms. The number of nitrogens with zero attached hydrogens (tertiary/aromatic N) is 4. The zero-order valence-corrected chi connectivity index (χ0v) is 14.8. The van der Waals surface area contributed by atoms with Gasteiger partial charge in [-0.2, -0.15) is 0 Å². The molecule has 1 aliphatic rings. The van der Waals surface area contributed by atoms with Crippen LogP contribution in [0.5, 0.6) is 0 Å². The highest BCUT2D eigenvalue weighted by Crippen LogP contribution is 2.21. The molecule has 1 N–H and O–H groups in total. The van der Waals surface area contributed by atoms with Crippen molar-refractivity contribution in [1.29, 1.82) is 0 Å². The highest BCUT2D eigenvalue weighted by molar-refractivity contribution is 6.31. The fourth-order valence-corrected chi connectivity index (χ4v) is 2.81. The van der Waals surface area contributed by atoms with E-state index in [0.717, 1.165) is 0 Å². The Bertz CT molecular complexity index is 840. The molecule has 9 heteroatoms. The molecule has 0 unspecified atom stereocenters. The molecule has 0 bridgehead atoms. The van der Waals surface area contributed by atoms with Crippen molar-refractivity contribution in [3.05, 3.63) is 47.0 Å². The van der Waals surface area contributed by atoms with Gasteiger partial charge in [0, 0.05) is 45.0 Å². The van der Waals surface area contributed by atoms with E-state index in [1.807, 2.05) is 0 Å². The predicted octanol–water partition coefficient (Wildman–Crippen LogP) is 2.32. The first-order valence-electron chi connectivity index (χ1n) is 8.04. The molecular formula is C17H17ClFN5O2. The lowest BCUT2D eigenvalue weighted by Gasteiger charge is -2.34. The molecule has 136 valence electrons. The third-order valence-electron chi connectivity index (χ3n) is 4.06. The van der Waals surface area contributed by atoms with E-state index >= 15 is 0 Å². The van der Waals surface area contributed by atoms with Crippen molar-refractivity contribution in [3.63, 3.8) is 0 Å². The largest absolute Gasteiger partial charge is 0.339 e. The molecule has 1 aromatic heterocycles. The summed E-state index contributed by atoms with van der Waals surface area (Å²) < 4.78 is 13.2. The zero-order valence-electron chi connectivity index (χ0n) is 14.1. The summed E-state index contributed by atoms with van der Waals surface area (Å²) in [5.74, 6) is -0.535. The van der Waals surface area contributed by atoms with E-state index in [-0.39, 0.29) is 28.5 Å². The van der Waals surface area contributed by atoms with Gasteiger partial charge < -0.3 is 15.1 Å². The summed E-state index contributed by atoms with van der Waals surface area (Å²) in [6.07, 6.45) is 1.47. The van der Waals surface area contributed by atoms with Crippen LogP contribution in [-0.4, -0.2) is 57.8 Å². The predicted molar refractivity (Wildman–Crippen MR) is 94.9 cm³/mol. The van der Waals surface area contributed by atoms with Crippen LogP contribution in [0.1, 0.15) is 17.4 Å². The average molecular weight is 378 g/mol. The van der Waals surface area contributed by atoms with Crippen LogP contribution in [0.25, 0.3) is 0 Å². The van der Waals surface area contributed by atoms with Crippen LogP contribution < -0.4 is 5.32 Å². The topological polar surface area (TPSA) is 78.4 Å². The van der Waals surface area contributed by atoms with E-state index < -0.39 is 5.82 Å². The van der Waals surface area contributed by atoms with Crippen LogP contribution in [0.4, 0.5) is 16.0 Å². The molecule has 0 saturated carbocycles. The SMILES string of the molecule is CC(=O)N1CCN(C(=O)c2ccnc(Nc3ccc(F)c(Cl)c3)n2)CC1.